The molecule has 2 heteroatoms. The topological polar surface area (TPSA) is 9.23 Å². The maximum atomic E-state index is 6.31. The number of rotatable bonds is 10. The molecule has 0 radical (unpaired) electrons. The molecule has 164 valence electrons. The molecule has 3 aliphatic carbocycles. The van der Waals surface area contributed by atoms with Gasteiger partial charge in [0.2, 0.25) is 0 Å². The molecule has 0 aromatic carbocycles. The minimum Gasteiger partial charge on any atom is -0.378 e. The van der Waals surface area contributed by atoms with Crippen molar-refractivity contribution in [1.29, 1.82) is 0 Å². The Balaban J connectivity index is 1.24. The van der Waals surface area contributed by atoms with Crippen LogP contribution in [0.4, 0.5) is 0 Å². The Morgan fingerprint density at radius 3 is 1.54 bits per heavy atom. The molecule has 1 nitrogen and oxygen atoms in total. The quantitative estimate of drug-likeness (QED) is 0.259. The minimum atomic E-state index is 0.478. The Kier molecular flexibility index (Phi) is 10.5. The van der Waals surface area contributed by atoms with Crippen LogP contribution in [0, 0.1) is 23.7 Å². The molecule has 0 unspecified atom stereocenters. The van der Waals surface area contributed by atoms with Gasteiger partial charge in [-0.15, -0.1) is 11.6 Å². The van der Waals surface area contributed by atoms with Crippen LogP contribution < -0.4 is 0 Å². The van der Waals surface area contributed by atoms with Crippen LogP contribution in [0.3, 0.4) is 0 Å². The van der Waals surface area contributed by atoms with Crippen molar-refractivity contribution in [3.63, 3.8) is 0 Å². The molecule has 0 spiro atoms. The van der Waals surface area contributed by atoms with Crippen LogP contribution in [-0.2, 0) is 4.74 Å². The van der Waals surface area contributed by atoms with Crippen molar-refractivity contribution in [1.82, 2.24) is 0 Å². The zero-order valence-corrected chi connectivity index (χ0v) is 19.4. The van der Waals surface area contributed by atoms with Gasteiger partial charge < -0.3 is 4.74 Å². The second-order valence-corrected chi connectivity index (χ2v) is 11.0. The van der Waals surface area contributed by atoms with Crippen molar-refractivity contribution in [2.45, 2.75) is 134 Å². The van der Waals surface area contributed by atoms with Gasteiger partial charge >= 0.3 is 0 Å². The van der Waals surface area contributed by atoms with Gasteiger partial charge in [-0.05, 0) is 107 Å². The van der Waals surface area contributed by atoms with Gasteiger partial charge in [-0.2, -0.15) is 0 Å². The van der Waals surface area contributed by atoms with Crippen LogP contribution >= 0.6 is 11.6 Å². The average Bonchev–Trinajstić information content (AvgIpc) is 2.74. The van der Waals surface area contributed by atoms with Crippen molar-refractivity contribution < 1.29 is 4.74 Å². The fraction of sp³-hybridized carbons (Fsp3) is 1.00. The van der Waals surface area contributed by atoms with Crippen molar-refractivity contribution in [2.24, 2.45) is 23.7 Å². The van der Waals surface area contributed by atoms with Gasteiger partial charge in [0.15, 0.2) is 0 Å². The van der Waals surface area contributed by atoms with Crippen molar-refractivity contribution in [3.8, 4) is 0 Å². The van der Waals surface area contributed by atoms with Gasteiger partial charge in [0.1, 0.15) is 0 Å². The maximum Gasteiger partial charge on any atom is 0.0575 e. The third-order valence-corrected chi connectivity index (χ3v) is 8.86. The summed E-state index contributed by atoms with van der Waals surface area (Å²) < 4.78 is 6.22. The van der Waals surface area contributed by atoms with E-state index in [4.69, 9.17) is 16.3 Å². The van der Waals surface area contributed by atoms with Gasteiger partial charge in [0, 0.05) is 12.0 Å². The first-order valence-corrected chi connectivity index (χ1v) is 13.5. The van der Waals surface area contributed by atoms with Crippen molar-refractivity contribution >= 4 is 11.6 Å². The molecule has 0 aliphatic heterocycles. The summed E-state index contributed by atoms with van der Waals surface area (Å²) in [7, 11) is 0. The highest BCUT2D eigenvalue weighted by molar-refractivity contribution is 6.20. The van der Waals surface area contributed by atoms with Crippen LogP contribution in [0.1, 0.15) is 122 Å². The van der Waals surface area contributed by atoms with E-state index in [0.29, 0.717) is 11.5 Å². The molecule has 0 aromatic rings. The van der Waals surface area contributed by atoms with Crippen LogP contribution in [0.5, 0.6) is 0 Å². The zero-order chi connectivity index (χ0) is 19.6. The first-order chi connectivity index (χ1) is 13.8. The lowest BCUT2D eigenvalue weighted by molar-refractivity contribution is 0.00403. The lowest BCUT2D eigenvalue weighted by atomic mass is 9.66. The molecular weight excluding hydrogens is 364 g/mol. The highest BCUT2D eigenvalue weighted by Gasteiger charge is 2.34. The Morgan fingerprint density at radius 2 is 1.00 bits per heavy atom. The Hall–Kier alpha value is 0.250. The summed E-state index contributed by atoms with van der Waals surface area (Å²) >= 11 is 6.31. The SMILES string of the molecule is CCCCCCCCOC1CCC(C2CCC(C3CCC(Cl)CC3)CC2)CC1. The lowest BCUT2D eigenvalue weighted by Gasteiger charge is -2.41. The molecule has 0 amide bonds. The summed E-state index contributed by atoms with van der Waals surface area (Å²) in [6, 6.07) is 0. The van der Waals surface area contributed by atoms with E-state index >= 15 is 0 Å². The highest BCUT2D eigenvalue weighted by Crippen LogP contribution is 2.45. The summed E-state index contributed by atoms with van der Waals surface area (Å²) in [5.74, 6) is 4.06. The third kappa shape index (κ3) is 7.50. The predicted molar refractivity (Wildman–Crippen MR) is 122 cm³/mol. The second kappa shape index (κ2) is 12.8. The number of unbranched alkanes of at least 4 members (excludes halogenated alkanes) is 5. The molecule has 0 atom stereocenters. The number of halogens is 1. The van der Waals surface area contributed by atoms with Gasteiger partial charge in [0.25, 0.3) is 0 Å². The Labute approximate surface area is 180 Å². The molecule has 3 aliphatic rings. The fourth-order valence-electron chi connectivity index (χ4n) is 6.50. The van der Waals surface area contributed by atoms with E-state index in [-0.39, 0.29) is 0 Å². The predicted octanol–water partition coefficient (Wildman–Crippen LogP) is 8.53. The molecule has 0 bridgehead atoms. The summed E-state index contributed by atoms with van der Waals surface area (Å²) in [5, 5.41) is 0.478. The largest absolute Gasteiger partial charge is 0.378 e. The molecule has 3 saturated carbocycles. The molecular formula is C26H47ClO. The summed E-state index contributed by atoms with van der Waals surface area (Å²) in [6.45, 7) is 3.30. The van der Waals surface area contributed by atoms with E-state index in [1.165, 1.54) is 116 Å². The summed E-state index contributed by atoms with van der Waals surface area (Å²) in [6.07, 6.45) is 25.7. The average molecular weight is 411 g/mol. The molecule has 3 rings (SSSR count). The first-order valence-electron chi connectivity index (χ1n) is 13.0. The van der Waals surface area contributed by atoms with Crippen LogP contribution in [-0.4, -0.2) is 18.1 Å². The third-order valence-electron chi connectivity index (χ3n) is 8.42. The lowest BCUT2D eigenvalue weighted by Crippen LogP contribution is -2.31. The van der Waals surface area contributed by atoms with Crippen molar-refractivity contribution in [2.75, 3.05) is 6.61 Å². The van der Waals surface area contributed by atoms with E-state index in [2.05, 4.69) is 6.92 Å². The smallest absolute Gasteiger partial charge is 0.0575 e. The maximum absolute atomic E-state index is 6.31. The van der Waals surface area contributed by atoms with Gasteiger partial charge in [-0.25, -0.2) is 0 Å². The monoisotopic (exact) mass is 410 g/mol. The van der Waals surface area contributed by atoms with E-state index < -0.39 is 0 Å². The molecule has 28 heavy (non-hydrogen) atoms. The Bertz CT molecular complexity index is 387. The van der Waals surface area contributed by atoms with Gasteiger partial charge in [-0.3, -0.25) is 0 Å². The summed E-state index contributed by atoms with van der Waals surface area (Å²) in [4.78, 5) is 0. The van der Waals surface area contributed by atoms with Crippen LogP contribution in [0.15, 0.2) is 0 Å². The first kappa shape index (κ1) is 22.9. The van der Waals surface area contributed by atoms with Gasteiger partial charge in [-0.1, -0.05) is 39.0 Å². The number of alkyl halides is 1. The minimum absolute atomic E-state index is 0.478. The molecule has 0 N–H and O–H groups in total. The van der Waals surface area contributed by atoms with E-state index in [1.807, 2.05) is 0 Å². The number of hydrogen-bond acceptors (Lipinski definition) is 1. The molecule has 0 aromatic heterocycles. The number of hydrogen-bond donors (Lipinski definition) is 0. The molecule has 0 saturated heterocycles. The zero-order valence-electron chi connectivity index (χ0n) is 18.7. The normalized spacial score (nSPS) is 37.1. The highest BCUT2D eigenvalue weighted by atomic mass is 35.5. The van der Waals surface area contributed by atoms with E-state index in [0.717, 1.165) is 30.3 Å². The van der Waals surface area contributed by atoms with Crippen molar-refractivity contribution in [3.05, 3.63) is 0 Å². The molecule has 0 heterocycles. The Morgan fingerprint density at radius 1 is 0.571 bits per heavy atom. The van der Waals surface area contributed by atoms with Crippen LogP contribution in [0.25, 0.3) is 0 Å². The van der Waals surface area contributed by atoms with Gasteiger partial charge in [0.05, 0.1) is 6.10 Å². The second-order valence-electron chi connectivity index (χ2n) is 10.4. The van der Waals surface area contributed by atoms with Crippen LogP contribution in [0.2, 0.25) is 0 Å². The fourth-order valence-corrected chi connectivity index (χ4v) is 6.75. The van der Waals surface area contributed by atoms with E-state index in [1.54, 1.807) is 0 Å². The summed E-state index contributed by atoms with van der Waals surface area (Å²) in [5.41, 5.74) is 0. The van der Waals surface area contributed by atoms with E-state index in [9.17, 15) is 0 Å². The standard InChI is InChI=1S/C26H47ClO/c1-2-3-4-5-6-7-20-28-26-18-14-24(15-19-26)22-10-8-21(9-11-22)23-12-16-25(27)17-13-23/h21-26H,2-20H2,1H3. The number of ether oxygens (including phenoxy) is 1. The molecule has 3 fully saturated rings.